The first-order chi connectivity index (χ1) is 9.47. The number of halogens is 2. The summed E-state index contributed by atoms with van der Waals surface area (Å²) in [6, 6.07) is 5.41. The Labute approximate surface area is 123 Å². The van der Waals surface area contributed by atoms with E-state index in [0.29, 0.717) is 0 Å². The first-order valence-corrected chi connectivity index (χ1v) is 6.05. The summed E-state index contributed by atoms with van der Waals surface area (Å²) in [5, 5.41) is 11.5. The molecule has 2 aromatic rings. The van der Waals surface area contributed by atoms with Crippen molar-refractivity contribution in [2.24, 2.45) is 0 Å². The molecule has 0 radical (unpaired) electrons. The molecule has 0 aliphatic heterocycles. The van der Waals surface area contributed by atoms with E-state index in [9.17, 15) is 9.59 Å². The van der Waals surface area contributed by atoms with E-state index in [1.807, 2.05) is 0 Å². The van der Waals surface area contributed by atoms with E-state index in [2.05, 4.69) is 15.3 Å². The lowest BCUT2D eigenvalue weighted by Gasteiger charge is -2.06. The molecule has 0 aliphatic carbocycles. The molecule has 0 aromatic carbocycles. The number of carboxylic acid groups (broad SMARTS) is 1. The molecule has 2 aromatic heterocycles. The van der Waals surface area contributed by atoms with Gasteiger partial charge < -0.3 is 10.4 Å². The van der Waals surface area contributed by atoms with Gasteiger partial charge >= 0.3 is 5.97 Å². The molecule has 0 fully saturated rings. The number of aromatic nitrogens is 2. The zero-order chi connectivity index (χ0) is 14.7. The SMILES string of the molecule is O=C(O)c1ccnc(NC(=O)c2nc(Cl)ccc2Cl)c1. The molecule has 0 aliphatic rings. The van der Waals surface area contributed by atoms with Gasteiger partial charge in [0.05, 0.1) is 10.6 Å². The minimum Gasteiger partial charge on any atom is -0.478 e. The minimum absolute atomic E-state index is 0.000417. The van der Waals surface area contributed by atoms with Crippen molar-refractivity contribution in [1.82, 2.24) is 9.97 Å². The number of hydrogen-bond donors (Lipinski definition) is 2. The normalized spacial score (nSPS) is 10.1. The van der Waals surface area contributed by atoms with Gasteiger partial charge in [-0.1, -0.05) is 23.2 Å². The van der Waals surface area contributed by atoms with E-state index in [4.69, 9.17) is 28.3 Å². The summed E-state index contributed by atoms with van der Waals surface area (Å²) < 4.78 is 0. The molecule has 2 rings (SSSR count). The van der Waals surface area contributed by atoms with Crippen molar-refractivity contribution in [1.29, 1.82) is 0 Å². The Bertz CT molecular complexity index is 691. The maximum absolute atomic E-state index is 12.0. The standard InChI is InChI=1S/C12H7Cl2N3O3/c13-7-1-2-8(14)16-10(7)11(18)17-9-5-6(12(19)20)3-4-15-9/h1-5H,(H,19,20)(H,15,17,18). The van der Waals surface area contributed by atoms with Gasteiger partial charge in [-0.05, 0) is 24.3 Å². The van der Waals surface area contributed by atoms with Gasteiger partial charge in [-0.15, -0.1) is 0 Å². The number of carbonyl (C=O) groups is 2. The quantitative estimate of drug-likeness (QED) is 0.850. The molecule has 102 valence electrons. The Kier molecular flexibility index (Phi) is 4.16. The number of amides is 1. The van der Waals surface area contributed by atoms with E-state index in [1.54, 1.807) is 0 Å². The number of hydrogen-bond acceptors (Lipinski definition) is 4. The van der Waals surface area contributed by atoms with Gasteiger partial charge in [-0.2, -0.15) is 0 Å². The third kappa shape index (κ3) is 3.23. The van der Waals surface area contributed by atoms with Crippen molar-refractivity contribution >= 4 is 40.9 Å². The lowest BCUT2D eigenvalue weighted by molar-refractivity contribution is 0.0696. The monoisotopic (exact) mass is 311 g/mol. The van der Waals surface area contributed by atoms with Crippen molar-refractivity contribution in [3.8, 4) is 0 Å². The molecule has 6 nitrogen and oxygen atoms in total. The summed E-state index contributed by atoms with van der Waals surface area (Å²) in [6.07, 6.45) is 1.27. The molecular weight excluding hydrogens is 305 g/mol. The first kappa shape index (κ1) is 14.2. The average molecular weight is 312 g/mol. The Morgan fingerprint density at radius 1 is 1.20 bits per heavy atom. The van der Waals surface area contributed by atoms with Gasteiger partial charge in [0, 0.05) is 6.20 Å². The highest BCUT2D eigenvalue weighted by molar-refractivity contribution is 6.35. The van der Waals surface area contributed by atoms with Gasteiger partial charge in [0.1, 0.15) is 16.7 Å². The first-order valence-electron chi connectivity index (χ1n) is 5.30. The zero-order valence-electron chi connectivity index (χ0n) is 9.80. The number of aromatic carboxylic acids is 1. The molecule has 2 heterocycles. The van der Waals surface area contributed by atoms with Crippen LogP contribution in [0, 0.1) is 0 Å². The molecule has 0 saturated heterocycles. The van der Waals surface area contributed by atoms with Crippen molar-refractivity contribution in [2.75, 3.05) is 5.32 Å². The van der Waals surface area contributed by atoms with E-state index < -0.39 is 11.9 Å². The third-order valence-corrected chi connectivity index (χ3v) is 2.79. The van der Waals surface area contributed by atoms with Crippen LogP contribution in [0.15, 0.2) is 30.5 Å². The second kappa shape index (κ2) is 5.85. The second-order valence-corrected chi connectivity index (χ2v) is 4.45. The third-order valence-electron chi connectivity index (χ3n) is 2.28. The van der Waals surface area contributed by atoms with Crippen LogP contribution in [0.5, 0.6) is 0 Å². The smallest absolute Gasteiger partial charge is 0.335 e. The highest BCUT2D eigenvalue weighted by Crippen LogP contribution is 2.18. The Morgan fingerprint density at radius 3 is 2.65 bits per heavy atom. The molecule has 2 N–H and O–H groups in total. The van der Waals surface area contributed by atoms with E-state index >= 15 is 0 Å². The van der Waals surface area contributed by atoms with Crippen molar-refractivity contribution in [3.05, 3.63) is 51.9 Å². The minimum atomic E-state index is -1.12. The largest absolute Gasteiger partial charge is 0.478 e. The average Bonchev–Trinajstić information content (AvgIpc) is 2.41. The molecule has 20 heavy (non-hydrogen) atoms. The van der Waals surface area contributed by atoms with Gasteiger partial charge in [-0.3, -0.25) is 4.79 Å². The predicted molar refractivity (Wildman–Crippen MR) is 73.4 cm³/mol. The zero-order valence-corrected chi connectivity index (χ0v) is 11.3. The van der Waals surface area contributed by atoms with E-state index in [-0.39, 0.29) is 27.3 Å². The van der Waals surface area contributed by atoms with E-state index in [1.165, 1.54) is 30.5 Å². The number of carbonyl (C=O) groups excluding carboxylic acids is 1. The molecule has 0 spiro atoms. The van der Waals surface area contributed by atoms with E-state index in [0.717, 1.165) is 0 Å². The van der Waals surface area contributed by atoms with Crippen molar-refractivity contribution < 1.29 is 14.7 Å². The maximum Gasteiger partial charge on any atom is 0.335 e. The highest BCUT2D eigenvalue weighted by atomic mass is 35.5. The number of carboxylic acids is 1. The Morgan fingerprint density at radius 2 is 1.95 bits per heavy atom. The Balaban J connectivity index is 2.25. The van der Waals surface area contributed by atoms with Crippen LogP contribution in [0.2, 0.25) is 10.2 Å². The molecule has 0 bridgehead atoms. The Hall–Kier alpha value is -2.18. The fourth-order valence-corrected chi connectivity index (χ4v) is 1.72. The van der Waals surface area contributed by atoms with Gasteiger partial charge in [-0.25, -0.2) is 14.8 Å². The fourth-order valence-electron chi connectivity index (χ4n) is 1.39. The van der Waals surface area contributed by atoms with Crippen LogP contribution in [0.25, 0.3) is 0 Å². The van der Waals surface area contributed by atoms with Crippen LogP contribution >= 0.6 is 23.2 Å². The number of pyridine rings is 2. The van der Waals surface area contributed by atoms with Crippen LogP contribution in [0.3, 0.4) is 0 Å². The molecule has 0 unspecified atom stereocenters. The predicted octanol–water partition coefficient (Wildman–Crippen LogP) is 2.73. The molecular formula is C12H7Cl2N3O3. The van der Waals surface area contributed by atoms with Crippen LogP contribution < -0.4 is 5.32 Å². The number of rotatable bonds is 3. The maximum atomic E-state index is 12.0. The van der Waals surface area contributed by atoms with Crippen molar-refractivity contribution in [2.45, 2.75) is 0 Å². The second-order valence-electron chi connectivity index (χ2n) is 3.65. The van der Waals surface area contributed by atoms with Crippen LogP contribution in [0.1, 0.15) is 20.8 Å². The topological polar surface area (TPSA) is 92.2 Å². The molecule has 0 saturated carbocycles. The van der Waals surface area contributed by atoms with Crippen molar-refractivity contribution in [3.63, 3.8) is 0 Å². The summed E-state index contributed by atoms with van der Waals surface area (Å²) in [7, 11) is 0. The summed E-state index contributed by atoms with van der Waals surface area (Å²) >= 11 is 11.5. The summed E-state index contributed by atoms with van der Waals surface area (Å²) in [5.74, 6) is -1.68. The number of anilines is 1. The lowest BCUT2D eigenvalue weighted by atomic mass is 10.2. The summed E-state index contributed by atoms with van der Waals surface area (Å²) in [5.41, 5.74) is -0.0675. The van der Waals surface area contributed by atoms with Crippen LogP contribution in [0.4, 0.5) is 5.82 Å². The fraction of sp³-hybridized carbons (Fsp3) is 0. The molecule has 8 heteroatoms. The van der Waals surface area contributed by atoms with Gasteiger partial charge in [0.2, 0.25) is 0 Å². The molecule has 0 atom stereocenters. The highest BCUT2D eigenvalue weighted by Gasteiger charge is 2.14. The number of nitrogens with zero attached hydrogens (tertiary/aromatic N) is 2. The summed E-state index contributed by atoms with van der Waals surface area (Å²) in [6.45, 7) is 0. The van der Waals surface area contributed by atoms with Gasteiger partial charge in [0.25, 0.3) is 5.91 Å². The molecule has 1 amide bonds. The number of nitrogens with one attached hydrogen (secondary N) is 1. The van der Waals surface area contributed by atoms with Gasteiger partial charge in [0.15, 0.2) is 0 Å². The lowest BCUT2D eigenvalue weighted by Crippen LogP contribution is -2.15. The summed E-state index contributed by atoms with van der Waals surface area (Å²) in [4.78, 5) is 30.4. The van der Waals surface area contributed by atoms with Crippen LogP contribution in [-0.4, -0.2) is 27.0 Å². The van der Waals surface area contributed by atoms with Crippen LogP contribution in [-0.2, 0) is 0 Å².